The lowest BCUT2D eigenvalue weighted by Gasteiger charge is -2.25. The number of fused-ring (bicyclic) bond motifs is 2. The first-order valence-electron chi connectivity index (χ1n) is 19.6. The van der Waals surface area contributed by atoms with Crippen molar-refractivity contribution in [3.05, 3.63) is 82.9 Å². The minimum atomic E-state index is -0.712. The number of anilines is 3. The van der Waals surface area contributed by atoms with Gasteiger partial charge in [-0.05, 0) is 132 Å². The van der Waals surface area contributed by atoms with Gasteiger partial charge in [0.1, 0.15) is 56.7 Å². The van der Waals surface area contributed by atoms with Crippen molar-refractivity contribution in [3.63, 3.8) is 0 Å². The first kappa shape index (κ1) is 46.2. The number of rotatable bonds is 13. The van der Waals surface area contributed by atoms with Crippen LogP contribution in [0.4, 0.5) is 32.7 Å². The number of nitrogen functional groups attached to an aromatic ring is 1. The van der Waals surface area contributed by atoms with E-state index >= 15 is 0 Å². The summed E-state index contributed by atoms with van der Waals surface area (Å²) in [7, 11) is 3.02. The molecule has 0 saturated heterocycles. The fraction of sp³-hybridized carbons (Fsp3) is 0.364. The van der Waals surface area contributed by atoms with E-state index in [1.165, 1.54) is 24.1 Å². The molecule has 2 amide bonds. The van der Waals surface area contributed by atoms with Crippen molar-refractivity contribution < 1.29 is 51.8 Å². The number of carbonyl (C=O) groups excluding carboxylic acids is 2. The highest BCUT2D eigenvalue weighted by atomic mass is 16.7. The molecule has 0 atom stereocenters. The summed E-state index contributed by atoms with van der Waals surface area (Å²) in [6.45, 7) is 15.8. The predicted octanol–water partition coefficient (Wildman–Crippen LogP) is 9.97. The van der Waals surface area contributed by atoms with E-state index in [0.717, 1.165) is 10.3 Å². The first-order chi connectivity index (χ1) is 29.3. The second-order valence-electron chi connectivity index (χ2n) is 15.6. The van der Waals surface area contributed by atoms with E-state index in [9.17, 15) is 19.7 Å². The van der Waals surface area contributed by atoms with Gasteiger partial charge < -0.3 is 53.1 Å². The quantitative estimate of drug-likeness (QED) is 0.0494. The zero-order valence-electron chi connectivity index (χ0n) is 36.5. The summed E-state index contributed by atoms with van der Waals surface area (Å²) in [4.78, 5) is 46.6. The molecule has 0 aliphatic heterocycles. The highest BCUT2D eigenvalue weighted by molar-refractivity contribution is 5.92. The summed E-state index contributed by atoms with van der Waals surface area (Å²) < 4.78 is 43.8. The first-order valence-corrected chi connectivity index (χ1v) is 19.6. The molecular formula is C44H52N6O12. The molecule has 0 aliphatic carbocycles. The van der Waals surface area contributed by atoms with Crippen LogP contribution in [0.15, 0.2) is 81.6 Å². The number of aromatic nitrogens is 2. The molecule has 0 unspecified atom stereocenters. The summed E-state index contributed by atoms with van der Waals surface area (Å²) in [5.41, 5.74) is 7.23. The minimum absolute atomic E-state index is 0.0809. The van der Waals surface area contributed by atoms with E-state index in [1.54, 1.807) is 85.0 Å². The van der Waals surface area contributed by atoms with Gasteiger partial charge >= 0.3 is 18.0 Å². The van der Waals surface area contributed by atoms with Gasteiger partial charge in [-0.15, -0.1) is 0 Å². The monoisotopic (exact) mass is 856 g/mol. The highest BCUT2D eigenvalue weighted by Gasteiger charge is 2.28. The van der Waals surface area contributed by atoms with Gasteiger partial charge in [-0.1, -0.05) is 0 Å². The third-order valence-corrected chi connectivity index (χ3v) is 8.50. The number of carbonyl (C=O) groups is 2. The van der Waals surface area contributed by atoms with E-state index in [0.29, 0.717) is 58.4 Å². The third-order valence-electron chi connectivity index (χ3n) is 8.50. The molecule has 0 bridgehead atoms. The van der Waals surface area contributed by atoms with Crippen molar-refractivity contribution in [2.24, 2.45) is 0 Å². The molecule has 2 N–H and O–H groups in total. The van der Waals surface area contributed by atoms with Gasteiger partial charge in [-0.3, -0.25) is 4.90 Å². The molecule has 6 aromatic rings. The van der Waals surface area contributed by atoms with Crippen LogP contribution in [0.25, 0.3) is 44.7 Å². The average Bonchev–Trinajstić information content (AvgIpc) is 3.83. The number of pyridine rings is 2. The summed E-state index contributed by atoms with van der Waals surface area (Å²) >= 11 is 0. The maximum atomic E-state index is 12.3. The predicted molar refractivity (Wildman–Crippen MR) is 233 cm³/mol. The number of benzene rings is 2. The number of ether oxygens (including phenoxy) is 6. The standard InChI is InChI=1S/C22H25N3O7.C22H27N3O5/c1-6-29-13-30-15-7-9-17-14(11-15)12-18(31-17)16-8-10-19(23-20(16)25(27)28)24(5)21(26)32-22(2,3)4;1-6-27-13-28-15-7-10-18-14(11-15)12-19(29-18)16-8-9-17(20(23)24-16)25(5)21(26)30-22(2,3)4/h7-12H,6,13H2,1-5H3;7-12H,6,13H2,1-5H3,(H2,23,24). The van der Waals surface area contributed by atoms with Crippen LogP contribution < -0.4 is 25.0 Å². The Balaban J connectivity index is 0.000000235. The van der Waals surface area contributed by atoms with Crippen molar-refractivity contribution in [1.29, 1.82) is 0 Å². The van der Waals surface area contributed by atoms with Crippen molar-refractivity contribution in [1.82, 2.24) is 9.97 Å². The molecule has 4 heterocycles. The number of hydrogen-bond acceptors (Lipinski definition) is 15. The second kappa shape index (κ2) is 19.6. The largest absolute Gasteiger partial charge is 0.468 e. The van der Waals surface area contributed by atoms with Crippen LogP contribution in [0.2, 0.25) is 0 Å². The molecule has 18 nitrogen and oxygen atoms in total. The fourth-order valence-corrected chi connectivity index (χ4v) is 5.57. The van der Waals surface area contributed by atoms with Crippen LogP contribution in [0.5, 0.6) is 11.5 Å². The van der Waals surface area contributed by atoms with E-state index in [-0.39, 0.29) is 36.5 Å². The van der Waals surface area contributed by atoms with E-state index < -0.39 is 34.1 Å². The summed E-state index contributed by atoms with van der Waals surface area (Å²) in [5, 5.41) is 13.3. The van der Waals surface area contributed by atoms with Crippen molar-refractivity contribution in [3.8, 4) is 34.3 Å². The number of nitro groups is 1. The Hall–Kier alpha value is -6.92. The van der Waals surface area contributed by atoms with Crippen LogP contribution in [-0.4, -0.2) is 79.2 Å². The number of furan rings is 2. The van der Waals surface area contributed by atoms with Gasteiger partial charge in [0, 0.05) is 44.1 Å². The Morgan fingerprint density at radius 3 is 1.73 bits per heavy atom. The Morgan fingerprint density at radius 1 is 0.710 bits per heavy atom. The van der Waals surface area contributed by atoms with Gasteiger partial charge in [0.2, 0.25) is 0 Å². The number of amides is 2. The molecule has 0 radical (unpaired) electrons. The molecule has 2 aromatic carbocycles. The van der Waals surface area contributed by atoms with Gasteiger partial charge in [0.25, 0.3) is 5.82 Å². The smallest absolute Gasteiger partial charge is 0.417 e. The molecule has 6 rings (SSSR count). The lowest BCUT2D eigenvalue weighted by atomic mass is 10.1. The fourth-order valence-electron chi connectivity index (χ4n) is 5.57. The summed E-state index contributed by atoms with van der Waals surface area (Å²) in [6.07, 6.45) is -1.18. The molecule has 330 valence electrons. The number of nitrogens with zero attached hydrogens (tertiary/aromatic N) is 5. The number of hydrogen-bond donors (Lipinski definition) is 1. The Bertz CT molecular complexity index is 2520. The number of nitrogens with two attached hydrogens (primary N) is 1. The van der Waals surface area contributed by atoms with Crippen LogP contribution in [0.3, 0.4) is 0 Å². The SMILES string of the molecule is CCOCOc1ccc2oc(-c3ccc(N(C)C(=O)OC(C)(C)C)c(N)n3)cc2c1.CCOCOc1ccc2oc(-c3ccc(N(C)C(=O)OC(C)(C)C)nc3[N+](=O)[O-])cc2c1. The molecule has 4 aromatic heterocycles. The molecule has 0 spiro atoms. The molecule has 18 heteroatoms. The van der Waals surface area contributed by atoms with Gasteiger partial charge in [-0.2, -0.15) is 0 Å². The van der Waals surface area contributed by atoms with E-state index in [1.807, 2.05) is 38.1 Å². The second-order valence-corrected chi connectivity index (χ2v) is 15.6. The molecule has 0 fully saturated rings. The van der Waals surface area contributed by atoms with Crippen LogP contribution in [-0.2, 0) is 18.9 Å². The van der Waals surface area contributed by atoms with Crippen LogP contribution in [0, 0.1) is 10.1 Å². The maximum Gasteiger partial charge on any atom is 0.417 e. The lowest BCUT2D eigenvalue weighted by molar-refractivity contribution is -0.388. The maximum absolute atomic E-state index is 12.3. The van der Waals surface area contributed by atoms with Crippen molar-refractivity contribution in [2.75, 3.05) is 56.4 Å². The van der Waals surface area contributed by atoms with E-state index in [4.69, 9.17) is 43.0 Å². The van der Waals surface area contributed by atoms with Crippen LogP contribution in [0.1, 0.15) is 55.4 Å². The third kappa shape index (κ3) is 12.1. The Labute approximate surface area is 358 Å². The van der Waals surface area contributed by atoms with Crippen molar-refractivity contribution in [2.45, 2.75) is 66.6 Å². The average molecular weight is 857 g/mol. The zero-order valence-corrected chi connectivity index (χ0v) is 36.5. The Morgan fingerprint density at radius 2 is 1.23 bits per heavy atom. The normalized spacial score (nSPS) is 11.5. The molecule has 62 heavy (non-hydrogen) atoms. The van der Waals surface area contributed by atoms with Gasteiger partial charge in [0.15, 0.2) is 19.3 Å². The summed E-state index contributed by atoms with van der Waals surface area (Å²) in [6, 6.07) is 20.7. The van der Waals surface area contributed by atoms with Gasteiger partial charge in [0.05, 0.1) is 5.69 Å². The molecule has 0 saturated carbocycles. The minimum Gasteiger partial charge on any atom is -0.468 e. The lowest BCUT2D eigenvalue weighted by Crippen LogP contribution is -2.34. The zero-order chi connectivity index (χ0) is 45.4. The summed E-state index contributed by atoms with van der Waals surface area (Å²) in [5.74, 6) is 1.94. The Kier molecular flexibility index (Phi) is 14.6. The van der Waals surface area contributed by atoms with E-state index in [2.05, 4.69) is 9.97 Å². The topological polar surface area (TPSA) is 217 Å². The highest BCUT2D eigenvalue weighted by Crippen LogP contribution is 2.36. The van der Waals surface area contributed by atoms with Crippen LogP contribution >= 0.6 is 0 Å². The molecular weight excluding hydrogens is 805 g/mol. The molecule has 0 aliphatic rings. The van der Waals surface area contributed by atoms with Gasteiger partial charge in [-0.25, -0.2) is 19.5 Å². The van der Waals surface area contributed by atoms with Crippen molar-refractivity contribution >= 4 is 57.3 Å².